The van der Waals surface area contributed by atoms with Gasteiger partial charge in [0.15, 0.2) is 0 Å². The molecule has 0 aromatic heterocycles. The molecule has 0 aliphatic carbocycles. The van der Waals surface area contributed by atoms with E-state index in [1.54, 1.807) is 4.90 Å². The van der Waals surface area contributed by atoms with E-state index in [4.69, 9.17) is 4.74 Å². The van der Waals surface area contributed by atoms with Crippen LogP contribution in [0.3, 0.4) is 0 Å². The Morgan fingerprint density at radius 1 is 1.50 bits per heavy atom. The van der Waals surface area contributed by atoms with Crippen molar-refractivity contribution in [3.05, 3.63) is 0 Å². The zero-order chi connectivity index (χ0) is 12.3. The molecule has 2 atom stereocenters. The van der Waals surface area contributed by atoms with Crippen LogP contribution in [0.1, 0.15) is 34.1 Å². The van der Waals surface area contributed by atoms with Crippen LogP contribution in [0.2, 0.25) is 0 Å². The number of amides is 1. The second kappa shape index (κ2) is 5.04. The summed E-state index contributed by atoms with van der Waals surface area (Å²) in [6, 6.07) is 0. The number of aliphatic hydroxyl groups is 1. The molecule has 1 heterocycles. The van der Waals surface area contributed by atoms with E-state index >= 15 is 0 Å². The zero-order valence-electron chi connectivity index (χ0n) is 10.7. The van der Waals surface area contributed by atoms with Gasteiger partial charge in [0.05, 0.1) is 0 Å². The Labute approximate surface area is 97.6 Å². The second-order valence-corrected chi connectivity index (χ2v) is 5.63. The summed E-state index contributed by atoms with van der Waals surface area (Å²) in [5, 5.41) is 9.21. The maximum absolute atomic E-state index is 11.8. The highest BCUT2D eigenvalue weighted by atomic mass is 16.6. The van der Waals surface area contributed by atoms with Crippen molar-refractivity contribution >= 4 is 6.09 Å². The zero-order valence-corrected chi connectivity index (χ0v) is 10.7. The number of carbonyl (C=O) groups excluding carboxylic acids is 1. The molecule has 0 radical (unpaired) electrons. The van der Waals surface area contributed by atoms with Crippen LogP contribution >= 0.6 is 0 Å². The summed E-state index contributed by atoms with van der Waals surface area (Å²) in [4.78, 5) is 13.5. The van der Waals surface area contributed by atoms with Crippen molar-refractivity contribution < 1.29 is 14.6 Å². The summed E-state index contributed by atoms with van der Waals surface area (Å²) in [7, 11) is 0. The molecule has 1 aliphatic heterocycles. The van der Waals surface area contributed by atoms with Gasteiger partial charge in [-0.25, -0.2) is 4.79 Å². The molecule has 1 saturated heterocycles. The van der Waals surface area contributed by atoms with Gasteiger partial charge >= 0.3 is 6.09 Å². The van der Waals surface area contributed by atoms with Crippen molar-refractivity contribution in [2.24, 2.45) is 11.8 Å². The average molecular weight is 229 g/mol. The Morgan fingerprint density at radius 3 is 2.62 bits per heavy atom. The Morgan fingerprint density at radius 2 is 2.12 bits per heavy atom. The first-order valence-corrected chi connectivity index (χ1v) is 5.92. The van der Waals surface area contributed by atoms with Gasteiger partial charge in [0, 0.05) is 25.6 Å². The van der Waals surface area contributed by atoms with Crippen LogP contribution in [0.15, 0.2) is 0 Å². The molecule has 0 unspecified atom stereocenters. The number of likely N-dealkylation sites (tertiary alicyclic amines) is 1. The standard InChI is InChI=1S/C12H23NO3/c1-9-5-6-13(7-10(9)8-14)11(15)16-12(2,3)4/h9-10,14H,5-8H2,1-4H3/t9-,10-/m0/s1. The minimum atomic E-state index is -0.450. The van der Waals surface area contributed by atoms with E-state index < -0.39 is 5.60 Å². The van der Waals surface area contributed by atoms with Gasteiger partial charge in [-0.1, -0.05) is 6.92 Å². The molecule has 94 valence electrons. The lowest BCUT2D eigenvalue weighted by Crippen LogP contribution is -2.46. The van der Waals surface area contributed by atoms with Crippen molar-refractivity contribution in [1.82, 2.24) is 4.90 Å². The number of hydrogen-bond donors (Lipinski definition) is 1. The lowest BCUT2D eigenvalue weighted by molar-refractivity contribution is 0.00582. The average Bonchev–Trinajstić information content (AvgIpc) is 2.15. The SMILES string of the molecule is C[C@H]1CCN(C(=O)OC(C)(C)C)C[C@H]1CO. The van der Waals surface area contributed by atoms with Crippen LogP contribution in [0, 0.1) is 11.8 Å². The predicted octanol–water partition coefficient (Wildman–Crippen LogP) is 1.87. The van der Waals surface area contributed by atoms with Crippen LogP contribution in [0.25, 0.3) is 0 Å². The fourth-order valence-electron chi connectivity index (χ4n) is 1.88. The van der Waals surface area contributed by atoms with Gasteiger partial charge in [-0.15, -0.1) is 0 Å². The molecule has 1 aliphatic rings. The fourth-order valence-corrected chi connectivity index (χ4v) is 1.88. The molecule has 0 saturated carbocycles. The molecule has 1 rings (SSSR count). The maximum Gasteiger partial charge on any atom is 0.410 e. The molecule has 0 bridgehead atoms. The quantitative estimate of drug-likeness (QED) is 0.746. The van der Waals surface area contributed by atoms with E-state index in [-0.39, 0.29) is 18.6 Å². The summed E-state index contributed by atoms with van der Waals surface area (Å²) in [5.74, 6) is 0.657. The van der Waals surface area contributed by atoms with Crippen molar-refractivity contribution in [2.75, 3.05) is 19.7 Å². The van der Waals surface area contributed by atoms with Crippen LogP contribution < -0.4 is 0 Å². The third-order valence-electron chi connectivity index (χ3n) is 3.00. The summed E-state index contributed by atoms with van der Waals surface area (Å²) < 4.78 is 5.31. The van der Waals surface area contributed by atoms with E-state index in [0.29, 0.717) is 12.5 Å². The number of hydrogen-bond acceptors (Lipinski definition) is 3. The molecule has 4 heteroatoms. The molecule has 0 aromatic rings. The largest absolute Gasteiger partial charge is 0.444 e. The van der Waals surface area contributed by atoms with Gasteiger partial charge < -0.3 is 14.7 Å². The predicted molar refractivity (Wildman–Crippen MR) is 62.2 cm³/mol. The van der Waals surface area contributed by atoms with Crippen molar-refractivity contribution in [3.8, 4) is 0 Å². The summed E-state index contributed by atoms with van der Waals surface area (Å²) in [6.45, 7) is 9.18. The summed E-state index contributed by atoms with van der Waals surface area (Å²) in [5.41, 5.74) is -0.450. The highest BCUT2D eigenvalue weighted by molar-refractivity contribution is 5.68. The van der Waals surface area contributed by atoms with Gasteiger partial charge in [-0.2, -0.15) is 0 Å². The number of rotatable bonds is 1. The number of carbonyl (C=O) groups is 1. The van der Waals surface area contributed by atoms with Gasteiger partial charge in [0.2, 0.25) is 0 Å². The number of ether oxygens (including phenoxy) is 1. The smallest absolute Gasteiger partial charge is 0.410 e. The Bertz CT molecular complexity index is 247. The van der Waals surface area contributed by atoms with Gasteiger partial charge in [0.25, 0.3) is 0 Å². The number of piperidine rings is 1. The number of nitrogens with zero attached hydrogens (tertiary/aromatic N) is 1. The third kappa shape index (κ3) is 3.67. The lowest BCUT2D eigenvalue weighted by atomic mass is 9.88. The van der Waals surface area contributed by atoms with Crippen LogP contribution in [0.4, 0.5) is 4.79 Å². The second-order valence-electron chi connectivity index (χ2n) is 5.63. The minimum absolute atomic E-state index is 0.139. The van der Waals surface area contributed by atoms with E-state index in [1.807, 2.05) is 20.8 Å². The Hall–Kier alpha value is -0.770. The first-order valence-electron chi connectivity index (χ1n) is 5.92. The normalized spacial score (nSPS) is 26.7. The maximum atomic E-state index is 11.8. The monoisotopic (exact) mass is 229 g/mol. The molecule has 1 amide bonds. The van der Waals surface area contributed by atoms with Crippen LogP contribution in [-0.2, 0) is 4.74 Å². The van der Waals surface area contributed by atoms with E-state index in [2.05, 4.69) is 6.92 Å². The minimum Gasteiger partial charge on any atom is -0.444 e. The van der Waals surface area contributed by atoms with Crippen molar-refractivity contribution in [2.45, 2.75) is 39.7 Å². The van der Waals surface area contributed by atoms with E-state index in [1.165, 1.54) is 0 Å². The van der Waals surface area contributed by atoms with Gasteiger partial charge in [-0.3, -0.25) is 0 Å². The lowest BCUT2D eigenvalue weighted by Gasteiger charge is -2.36. The van der Waals surface area contributed by atoms with E-state index in [0.717, 1.165) is 13.0 Å². The van der Waals surface area contributed by atoms with Gasteiger partial charge in [-0.05, 0) is 33.1 Å². The topological polar surface area (TPSA) is 49.8 Å². The number of aliphatic hydroxyl groups excluding tert-OH is 1. The molecule has 1 fully saturated rings. The molecular weight excluding hydrogens is 206 g/mol. The molecular formula is C12H23NO3. The molecule has 16 heavy (non-hydrogen) atoms. The molecule has 0 spiro atoms. The highest BCUT2D eigenvalue weighted by Gasteiger charge is 2.30. The first kappa shape index (κ1) is 13.3. The Kier molecular flexibility index (Phi) is 4.19. The molecule has 0 aromatic carbocycles. The summed E-state index contributed by atoms with van der Waals surface area (Å²) in [6.07, 6.45) is 0.669. The Balaban J connectivity index is 2.52. The fraction of sp³-hybridized carbons (Fsp3) is 0.917. The van der Waals surface area contributed by atoms with Crippen LogP contribution in [0.5, 0.6) is 0 Å². The summed E-state index contributed by atoms with van der Waals surface area (Å²) >= 11 is 0. The van der Waals surface area contributed by atoms with Gasteiger partial charge in [0.1, 0.15) is 5.60 Å². The highest BCUT2D eigenvalue weighted by Crippen LogP contribution is 2.24. The molecule has 1 N–H and O–H groups in total. The van der Waals surface area contributed by atoms with Crippen molar-refractivity contribution in [1.29, 1.82) is 0 Å². The molecule has 4 nitrogen and oxygen atoms in total. The van der Waals surface area contributed by atoms with Crippen LogP contribution in [-0.4, -0.2) is 41.4 Å². The van der Waals surface area contributed by atoms with Crippen molar-refractivity contribution in [3.63, 3.8) is 0 Å². The van der Waals surface area contributed by atoms with E-state index in [9.17, 15) is 9.90 Å². The first-order chi connectivity index (χ1) is 7.33. The third-order valence-corrected chi connectivity index (χ3v) is 3.00.